The summed E-state index contributed by atoms with van der Waals surface area (Å²) in [6, 6.07) is 15.1. The smallest absolute Gasteiger partial charge is 0.336 e. The molecule has 5 nitrogen and oxygen atoms in total. The third-order valence-electron chi connectivity index (χ3n) is 5.51. The second-order valence-electron chi connectivity index (χ2n) is 7.59. The lowest BCUT2D eigenvalue weighted by molar-refractivity contribution is -0.139. The minimum absolute atomic E-state index is 0.227. The normalized spacial score (nSPS) is 14.6. The van der Waals surface area contributed by atoms with Crippen molar-refractivity contribution < 1.29 is 19.1 Å². The zero-order valence-corrected chi connectivity index (χ0v) is 19.8. The van der Waals surface area contributed by atoms with E-state index in [0.29, 0.717) is 27.6 Å². The number of carbonyl (C=O) groups is 2. The minimum Gasteiger partial charge on any atom is -0.463 e. The maximum atomic E-state index is 13.2. The first-order valence-corrected chi connectivity index (χ1v) is 11.1. The van der Waals surface area contributed by atoms with E-state index in [1.54, 1.807) is 26.0 Å². The number of hydrogen-bond donors (Lipinski definition) is 0. The number of anilines is 1. The predicted octanol–water partition coefficient (Wildman–Crippen LogP) is 5.93. The van der Waals surface area contributed by atoms with Gasteiger partial charge in [-0.15, -0.1) is 0 Å². The molecule has 6 heteroatoms. The van der Waals surface area contributed by atoms with Crippen molar-refractivity contribution in [1.82, 2.24) is 0 Å². The summed E-state index contributed by atoms with van der Waals surface area (Å²) in [5.74, 6) is -1.56. The molecule has 0 fully saturated rings. The lowest BCUT2D eigenvalue weighted by Crippen LogP contribution is -2.35. The zero-order valence-electron chi connectivity index (χ0n) is 19.1. The van der Waals surface area contributed by atoms with Gasteiger partial charge >= 0.3 is 11.9 Å². The molecule has 0 unspecified atom stereocenters. The summed E-state index contributed by atoms with van der Waals surface area (Å²) in [6.45, 7) is 9.74. The predicted molar refractivity (Wildman–Crippen MR) is 127 cm³/mol. The highest BCUT2D eigenvalue weighted by molar-refractivity contribution is 6.30. The van der Waals surface area contributed by atoms with E-state index in [1.807, 2.05) is 62.1 Å². The van der Waals surface area contributed by atoms with E-state index in [2.05, 4.69) is 0 Å². The van der Waals surface area contributed by atoms with E-state index in [9.17, 15) is 9.59 Å². The van der Waals surface area contributed by atoms with Crippen molar-refractivity contribution in [3.8, 4) is 0 Å². The maximum Gasteiger partial charge on any atom is 0.336 e. The molecule has 3 rings (SSSR count). The van der Waals surface area contributed by atoms with Crippen LogP contribution in [0.15, 0.2) is 71.1 Å². The number of esters is 2. The molecule has 0 radical (unpaired) electrons. The number of ether oxygens (including phenoxy) is 2. The summed E-state index contributed by atoms with van der Waals surface area (Å²) >= 11 is 6.11. The van der Waals surface area contributed by atoms with Gasteiger partial charge in [0.15, 0.2) is 0 Å². The lowest BCUT2D eigenvalue weighted by atomic mass is 9.79. The summed E-state index contributed by atoms with van der Waals surface area (Å²) in [6.07, 6.45) is 0. The van der Waals surface area contributed by atoms with Crippen molar-refractivity contribution in [2.45, 2.75) is 40.5 Å². The zero-order chi connectivity index (χ0) is 23.4. The summed E-state index contributed by atoms with van der Waals surface area (Å²) in [5, 5.41) is 0.572. The third kappa shape index (κ3) is 4.58. The molecule has 0 atom stereocenters. The fourth-order valence-electron chi connectivity index (χ4n) is 4.07. The van der Waals surface area contributed by atoms with Crippen molar-refractivity contribution in [3.05, 3.63) is 87.2 Å². The van der Waals surface area contributed by atoms with Crippen molar-refractivity contribution in [2.75, 3.05) is 18.1 Å². The molecular formula is C26H28ClNO4. The molecule has 168 valence electrons. The van der Waals surface area contributed by atoms with E-state index < -0.39 is 17.9 Å². The molecule has 0 amide bonds. The van der Waals surface area contributed by atoms with Gasteiger partial charge in [-0.1, -0.05) is 41.4 Å². The molecule has 0 aromatic heterocycles. The highest BCUT2D eigenvalue weighted by atomic mass is 35.5. The van der Waals surface area contributed by atoms with Crippen molar-refractivity contribution in [1.29, 1.82) is 0 Å². The molecule has 0 N–H and O–H groups in total. The number of carbonyl (C=O) groups excluding carboxylic acids is 2. The lowest BCUT2D eigenvalue weighted by Gasteiger charge is -2.38. The Balaban J connectivity index is 2.30. The number of nitrogens with zero attached hydrogens (tertiary/aromatic N) is 1. The van der Waals surface area contributed by atoms with Gasteiger partial charge in [0.1, 0.15) is 0 Å². The van der Waals surface area contributed by atoms with Gasteiger partial charge in [-0.05, 0) is 64.4 Å². The molecule has 1 heterocycles. The Morgan fingerprint density at radius 3 is 1.72 bits per heavy atom. The van der Waals surface area contributed by atoms with Gasteiger partial charge in [-0.2, -0.15) is 0 Å². The van der Waals surface area contributed by atoms with Crippen LogP contribution in [0.4, 0.5) is 5.69 Å². The Bertz CT molecular complexity index is 1030. The molecule has 0 spiro atoms. The molecule has 32 heavy (non-hydrogen) atoms. The standard InChI is InChI=1S/C26H28ClNO4/c1-6-31-25(29)22-17(4)28(21-14-8-16(3)9-15-21)18(5)23(26(30)32-7-2)24(22)19-10-12-20(27)13-11-19/h8-15,24H,6-7H2,1-5H3. The Kier molecular flexibility index (Phi) is 7.41. The molecule has 0 saturated carbocycles. The summed E-state index contributed by atoms with van der Waals surface area (Å²) < 4.78 is 10.9. The summed E-state index contributed by atoms with van der Waals surface area (Å²) in [7, 11) is 0. The topological polar surface area (TPSA) is 55.8 Å². The number of allylic oxidation sites excluding steroid dienone is 2. The van der Waals surface area contributed by atoms with Gasteiger partial charge in [-0.25, -0.2) is 9.59 Å². The van der Waals surface area contributed by atoms with Crippen LogP contribution < -0.4 is 4.90 Å². The van der Waals surface area contributed by atoms with E-state index in [1.165, 1.54) is 0 Å². The highest BCUT2D eigenvalue weighted by Gasteiger charge is 2.41. The SMILES string of the molecule is CCOC(=O)C1=C(C)N(c2ccc(C)cc2)C(C)=C(C(=O)OCC)C1c1ccc(Cl)cc1. The third-order valence-corrected chi connectivity index (χ3v) is 5.77. The highest BCUT2D eigenvalue weighted by Crippen LogP contribution is 2.44. The first-order chi connectivity index (χ1) is 15.3. The van der Waals surface area contributed by atoms with Crippen LogP contribution in [0.2, 0.25) is 5.02 Å². The minimum atomic E-state index is -0.632. The quantitative estimate of drug-likeness (QED) is 0.507. The van der Waals surface area contributed by atoms with Crippen LogP contribution in [0.3, 0.4) is 0 Å². The summed E-state index contributed by atoms with van der Waals surface area (Å²) in [5.41, 5.74) is 4.96. The van der Waals surface area contributed by atoms with Crippen molar-refractivity contribution >= 4 is 29.2 Å². The Morgan fingerprint density at radius 1 is 0.812 bits per heavy atom. The molecule has 0 bridgehead atoms. The maximum absolute atomic E-state index is 13.2. The Morgan fingerprint density at radius 2 is 1.28 bits per heavy atom. The monoisotopic (exact) mass is 453 g/mol. The summed E-state index contributed by atoms with van der Waals surface area (Å²) in [4.78, 5) is 28.4. The molecule has 2 aromatic rings. The average Bonchev–Trinajstić information content (AvgIpc) is 2.75. The van der Waals surface area contributed by atoms with E-state index in [0.717, 1.165) is 16.8 Å². The van der Waals surface area contributed by atoms with Gasteiger partial charge in [0.2, 0.25) is 0 Å². The van der Waals surface area contributed by atoms with Crippen LogP contribution in [-0.2, 0) is 19.1 Å². The van der Waals surface area contributed by atoms with Crippen LogP contribution in [-0.4, -0.2) is 25.2 Å². The van der Waals surface area contributed by atoms with Gasteiger partial charge in [0.05, 0.1) is 30.3 Å². The fraction of sp³-hybridized carbons (Fsp3) is 0.308. The Hall–Kier alpha value is -3.05. The van der Waals surface area contributed by atoms with Crippen molar-refractivity contribution in [3.63, 3.8) is 0 Å². The second kappa shape index (κ2) is 10.0. The molecule has 1 aliphatic rings. The van der Waals surface area contributed by atoms with Gasteiger partial charge in [-0.3, -0.25) is 0 Å². The van der Waals surface area contributed by atoms with Crippen LogP contribution in [0, 0.1) is 6.92 Å². The first-order valence-electron chi connectivity index (χ1n) is 10.7. The molecular weight excluding hydrogens is 426 g/mol. The van der Waals surface area contributed by atoms with Crippen molar-refractivity contribution in [2.24, 2.45) is 0 Å². The van der Waals surface area contributed by atoms with Crippen LogP contribution in [0.5, 0.6) is 0 Å². The van der Waals surface area contributed by atoms with Crippen LogP contribution in [0.25, 0.3) is 0 Å². The number of halogens is 1. The molecule has 2 aromatic carbocycles. The van der Waals surface area contributed by atoms with E-state index in [-0.39, 0.29) is 13.2 Å². The number of hydrogen-bond acceptors (Lipinski definition) is 5. The number of rotatable bonds is 6. The van der Waals surface area contributed by atoms with Gasteiger partial charge in [0, 0.05) is 22.1 Å². The molecule has 1 aliphatic heterocycles. The van der Waals surface area contributed by atoms with E-state index in [4.69, 9.17) is 21.1 Å². The average molecular weight is 454 g/mol. The number of benzene rings is 2. The van der Waals surface area contributed by atoms with Gasteiger partial charge in [0.25, 0.3) is 0 Å². The van der Waals surface area contributed by atoms with Crippen LogP contribution in [0.1, 0.15) is 44.7 Å². The van der Waals surface area contributed by atoms with Gasteiger partial charge < -0.3 is 14.4 Å². The second-order valence-corrected chi connectivity index (χ2v) is 8.03. The molecule has 0 saturated heterocycles. The Labute approximate surface area is 194 Å². The van der Waals surface area contributed by atoms with Crippen LogP contribution >= 0.6 is 11.6 Å². The van der Waals surface area contributed by atoms with E-state index >= 15 is 0 Å². The largest absolute Gasteiger partial charge is 0.463 e. The molecule has 0 aliphatic carbocycles. The first kappa shape index (κ1) is 23.6. The fourth-order valence-corrected chi connectivity index (χ4v) is 4.20. The number of aryl methyl sites for hydroxylation is 1.